The first-order valence-corrected chi connectivity index (χ1v) is 10.8. The number of anilines is 2. The van der Waals surface area contributed by atoms with Crippen molar-refractivity contribution in [1.29, 1.82) is 0 Å². The summed E-state index contributed by atoms with van der Waals surface area (Å²) >= 11 is 0. The van der Waals surface area contributed by atoms with E-state index >= 15 is 0 Å². The minimum atomic E-state index is 0.739. The van der Waals surface area contributed by atoms with Crippen molar-refractivity contribution in [3.05, 3.63) is 84.3 Å². The van der Waals surface area contributed by atoms with Crippen LogP contribution in [0.25, 0.3) is 27.7 Å². The molecule has 33 heavy (non-hydrogen) atoms. The fourth-order valence-corrected chi connectivity index (χ4v) is 4.66. The highest BCUT2D eigenvalue weighted by molar-refractivity contribution is 6.05. The summed E-state index contributed by atoms with van der Waals surface area (Å²) in [6, 6.07) is 18.3. The Kier molecular flexibility index (Phi) is 4.47. The molecule has 2 heterocycles. The number of hydrogen-bond donors (Lipinski definition) is 2. The molecule has 0 amide bonds. The number of aryl methyl sites for hydroxylation is 1. The zero-order valence-corrected chi connectivity index (χ0v) is 18.0. The van der Waals surface area contributed by atoms with Crippen molar-refractivity contribution in [1.82, 2.24) is 14.4 Å². The Hall–Kier alpha value is -4.39. The van der Waals surface area contributed by atoms with Crippen LogP contribution in [0.3, 0.4) is 0 Å². The standard InChI is InChI=1S/C26H21N5O2/c1-33-23-11-9-21(19-4-2-3-5-20(19)23)25-26(31-13-12-27-15-24(31)29-25)28-17-7-8-18-16(14-17)6-10-22(18)30-32/h2-5,7-9,11-15,28,32H,6,10H2,1H3/b30-22+. The van der Waals surface area contributed by atoms with Gasteiger partial charge >= 0.3 is 0 Å². The molecule has 0 saturated heterocycles. The molecule has 0 aliphatic heterocycles. The molecule has 2 N–H and O–H groups in total. The van der Waals surface area contributed by atoms with E-state index in [2.05, 4.69) is 33.7 Å². The number of nitrogens with zero attached hydrogens (tertiary/aromatic N) is 4. The number of rotatable bonds is 4. The molecule has 0 saturated carbocycles. The lowest BCUT2D eigenvalue weighted by Gasteiger charge is -2.13. The Morgan fingerprint density at radius 1 is 1.03 bits per heavy atom. The number of methoxy groups -OCH3 is 1. The van der Waals surface area contributed by atoms with Gasteiger partial charge in [-0.25, -0.2) is 4.98 Å². The molecule has 6 rings (SSSR count). The van der Waals surface area contributed by atoms with Gasteiger partial charge in [0.15, 0.2) is 5.65 Å². The van der Waals surface area contributed by atoms with E-state index in [4.69, 9.17) is 9.72 Å². The Morgan fingerprint density at radius 3 is 2.73 bits per heavy atom. The summed E-state index contributed by atoms with van der Waals surface area (Å²) in [5, 5.41) is 18.4. The summed E-state index contributed by atoms with van der Waals surface area (Å²) in [4.78, 5) is 9.18. The van der Waals surface area contributed by atoms with Gasteiger partial charge in [-0.1, -0.05) is 35.5 Å². The SMILES string of the molecule is COc1ccc(-c2nc3cnccn3c2Nc2ccc3c(c2)CC/C3=N\O)c2ccccc12. The van der Waals surface area contributed by atoms with Crippen molar-refractivity contribution < 1.29 is 9.94 Å². The van der Waals surface area contributed by atoms with Crippen molar-refractivity contribution in [2.45, 2.75) is 12.8 Å². The second-order valence-corrected chi connectivity index (χ2v) is 8.02. The minimum Gasteiger partial charge on any atom is -0.496 e. The number of fused-ring (bicyclic) bond motifs is 3. The maximum absolute atomic E-state index is 9.24. The number of oxime groups is 1. The van der Waals surface area contributed by atoms with Gasteiger partial charge in [0, 0.05) is 34.6 Å². The average molecular weight is 435 g/mol. The van der Waals surface area contributed by atoms with Crippen LogP contribution < -0.4 is 10.1 Å². The predicted octanol–water partition coefficient (Wildman–Crippen LogP) is 5.43. The van der Waals surface area contributed by atoms with Crippen molar-refractivity contribution in [2.24, 2.45) is 5.16 Å². The number of aromatic nitrogens is 3. The van der Waals surface area contributed by atoms with E-state index < -0.39 is 0 Å². The molecule has 7 nitrogen and oxygen atoms in total. The van der Waals surface area contributed by atoms with Crippen LogP contribution in [0.1, 0.15) is 17.5 Å². The quantitative estimate of drug-likeness (QED) is 0.291. The van der Waals surface area contributed by atoms with Crippen LogP contribution in [-0.2, 0) is 6.42 Å². The highest BCUT2D eigenvalue weighted by atomic mass is 16.5. The monoisotopic (exact) mass is 435 g/mol. The maximum atomic E-state index is 9.24. The van der Waals surface area contributed by atoms with Gasteiger partial charge in [0.25, 0.3) is 0 Å². The van der Waals surface area contributed by atoms with E-state index in [0.29, 0.717) is 0 Å². The average Bonchev–Trinajstić information content (AvgIpc) is 3.44. The smallest absolute Gasteiger partial charge is 0.157 e. The lowest BCUT2D eigenvalue weighted by atomic mass is 10.0. The molecule has 0 radical (unpaired) electrons. The molecule has 0 atom stereocenters. The van der Waals surface area contributed by atoms with Gasteiger partial charge in [-0.2, -0.15) is 0 Å². The third-order valence-electron chi connectivity index (χ3n) is 6.22. The number of benzene rings is 3. The summed E-state index contributed by atoms with van der Waals surface area (Å²) in [7, 11) is 1.69. The zero-order chi connectivity index (χ0) is 22.4. The molecule has 1 aliphatic rings. The Labute approximate surface area is 190 Å². The van der Waals surface area contributed by atoms with Gasteiger partial charge in [-0.05, 0) is 48.1 Å². The third-order valence-corrected chi connectivity index (χ3v) is 6.22. The summed E-state index contributed by atoms with van der Waals surface area (Å²) in [6.07, 6.45) is 7.02. The molecule has 0 spiro atoms. The highest BCUT2D eigenvalue weighted by Crippen LogP contribution is 2.38. The largest absolute Gasteiger partial charge is 0.496 e. The van der Waals surface area contributed by atoms with Crippen molar-refractivity contribution in [2.75, 3.05) is 12.4 Å². The normalized spacial score (nSPS) is 14.2. The van der Waals surface area contributed by atoms with Crippen LogP contribution in [0.4, 0.5) is 11.5 Å². The van der Waals surface area contributed by atoms with Crippen LogP contribution in [0, 0.1) is 0 Å². The molecule has 1 aliphatic carbocycles. The van der Waals surface area contributed by atoms with Crippen LogP contribution in [0.5, 0.6) is 5.75 Å². The van der Waals surface area contributed by atoms with Crippen LogP contribution in [0.15, 0.2) is 78.3 Å². The van der Waals surface area contributed by atoms with E-state index in [9.17, 15) is 5.21 Å². The Bertz CT molecular complexity index is 1550. The summed E-state index contributed by atoms with van der Waals surface area (Å²) < 4.78 is 7.59. The van der Waals surface area contributed by atoms with Crippen LogP contribution in [-0.4, -0.2) is 32.4 Å². The lowest BCUT2D eigenvalue weighted by Crippen LogP contribution is -1.99. The molecule has 2 aromatic heterocycles. The minimum absolute atomic E-state index is 0.739. The van der Waals surface area contributed by atoms with Gasteiger partial charge in [-0.3, -0.25) is 9.38 Å². The van der Waals surface area contributed by atoms with Crippen molar-refractivity contribution in [3.8, 4) is 17.0 Å². The molecule has 7 heteroatoms. The summed E-state index contributed by atoms with van der Waals surface area (Å²) in [5.41, 5.74) is 6.46. The molecular formula is C26H21N5O2. The number of nitrogens with one attached hydrogen (secondary N) is 1. The second kappa shape index (κ2) is 7.63. The van der Waals surface area contributed by atoms with Gasteiger partial charge in [0.2, 0.25) is 0 Å². The van der Waals surface area contributed by atoms with Crippen LogP contribution >= 0.6 is 0 Å². The molecule has 0 bridgehead atoms. The first kappa shape index (κ1) is 19.3. The van der Waals surface area contributed by atoms with Gasteiger partial charge in [0.05, 0.1) is 19.0 Å². The van der Waals surface area contributed by atoms with Crippen LogP contribution in [0.2, 0.25) is 0 Å². The fourth-order valence-electron chi connectivity index (χ4n) is 4.66. The van der Waals surface area contributed by atoms with E-state index in [0.717, 1.165) is 69.0 Å². The molecule has 0 unspecified atom stereocenters. The van der Waals surface area contributed by atoms with Gasteiger partial charge in [0.1, 0.15) is 17.3 Å². The van der Waals surface area contributed by atoms with Crippen molar-refractivity contribution >= 4 is 33.6 Å². The number of ether oxygens (including phenoxy) is 1. The van der Waals surface area contributed by atoms with Gasteiger partial charge < -0.3 is 15.3 Å². The van der Waals surface area contributed by atoms with Gasteiger partial charge in [-0.15, -0.1) is 0 Å². The first-order chi connectivity index (χ1) is 16.3. The number of imidazole rings is 1. The summed E-state index contributed by atoms with van der Waals surface area (Å²) in [5.74, 6) is 1.69. The van der Waals surface area contributed by atoms with E-state index in [1.165, 1.54) is 5.56 Å². The Morgan fingerprint density at radius 2 is 1.88 bits per heavy atom. The lowest BCUT2D eigenvalue weighted by molar-refractivity contribution is 0.318. The fraction of sp³-hybridized carbons (Fsp3) is 0.115. The second-order valence-electron chi connectivity index (χ2n) is 8.02. The first-order valence-electron chi connectivity index (χ1n) is 10.8. The topological polar surface area (TPSA) is 84.0 Å². The zero-order valence-electron chi connectivity index (χ0n) is 18.0. The molecule has 3 aromatic carbocycles. The molecule has 162 valence electrons. The summed E-state index contributed by atoms with van der Waals surface area (Å²) in [6.45, 7) is 0. The number of hydrogen-bond acceptors (Lipinski definition) is 6. The molecular weight excluding hydrogens is 414 g/mol. The van der Waals surface area contributed by atoms with Crippen molar-refractivity contribution in [3.63, 3.8) is 0 Å². The van der Waals surface area contributed by atoms with E-state index in [1.54, 1.807) is 19.5 Å². The molecule has 0 fully saturated rings. The highest BCUT2D eigenvalue weighted by Gasteiger charge is 2.21. The van der Waals surface area contributed by atoms with E-state index in [-0.39, 0.29) is 0 Å². The third kappa shape index (κ3) is 3.09. The maximum Gasteiger partial charge on any atom is 0.157 e. The Balaban J connectivity index is 1.53. The predicted molar refractivity (Wildman–Crippen MR) is 129 cm³/mol. The van der Waals surface area contributed by atoms with E-state index in [1.807, 2.05) is 47.0 Å². The molecule has 5 aromatic rings.